The monoisotopic (exact) mass is 401 g/mol. The fourth-order valence-corrected chi connectivity index (χ4v) is 2.86. The maximum absolute atomic E-state index is 12.8. The van der Waals surface area contributed by atoms with Gasteiger partial charge in [0.05, 0.1) is 29.2 Å². The van der Waals surface area contributed by atoms with Gasteiger partial charge >= 0.3 is 6.18 Å². The first-order chi connectivity index (χ1) is 13.8. The van der Waals surface area contributed by atoms with Gasteiger partial charge in [0.1, 0.15) is 5.69 Å². The van der Waals surface area contributed by atoms with Crippen LogP contribution < -0.4 is 5.43 Å². The fourth-order valence-electron chi connectivity index (χ4n) is 2.86. The molecule has 0 spiro atoms. The summed E-state index contributed by atoms with van der Waals surface area (Å²) in [5.41, 5.74) is 2.03. The number of hydrazone groups is 1. The zero-order valence-corrected chi connectivity index (χ0v) is 14.8. The second-order valence-electron chi connectivity index (χ2n) is 6.06. The SMILES string of the molecule is N#CCCn1cc(/C=N\Nc2ccc(C(F)(F)F)cc2[N+](=O)[O-])c2ccccc21. The molecule has 2 aromatic carbocycles. The van der Waals surface area contributed by atoms with E-state index in [1.807, 2.05) is 28.8 Å². The molecule has 1 N–H and O–H groups in total. The number of nitro groups is 1. The zero-order chi connectivity index (χ0) is 21.0. The number of halogens is 3. The van der Waals surface area contributed by atoms with E-state index in [1.54, 1.807) is 6.20 Å². The van der Waals surface area contributed by atoms with Gasteiger partial charge in [0, 0.05) is 35.3 Å². The topological polar surface area (TPSA) is 96.2 Å². The van der Waals surface area contributed by atoms with E-state index in [0.29, 0.717) is 24.6 Å². The molecule has 0 saturated heterocycles. The highest BCUT2D eigenvalue weighted by molar-refractivity contribution is 5.99. The van der Waals surface area contributed by atoms with Crippen LogP contribution in [0.4, 0.5) is 24.5 Å². The molecule has 0 amide bonds. The van der Waals surface area contributed by atoms with E-state index >= 15 is 0 Å². The second-order valence-corrected chi connectivity index (χ2v) is 6.06. The molecule has 1 heterocycles. The van der Waals surface area contributed by atoms with Gasteiger partial charge < -0.3 is 4.57 Å². The molecular formula is C19H14F3N5O2. The third-order valence-corrected chi connectivity index (χ3v) is 4.19. The van der Waals surface area contributed by atoms with Gasteiger partial charge in [-0.2, -0.15) is 23.5 Å². The molecule has 29 heavy (non-hydrogen) atoms. The number of nitriles is 1. The molecule has 0 aliphatic heterocycles. The molecule has 0 aliphatic carbocycles. The number of nitrogens with one attached hydrogen (secondary N) is 1. The minimum atomic E-state index is -4.68. The van der Waals surface area contributed by atoms with E-state index < -0.39 is 22.4 Å². The van der Waals surface area contributed by atoms with Gasteiger partial charge in [-0.05, 0) is 18.2 Å². The van der Waals surface area contributed by atoms with Crippen molar-refractivity contribution in [3.8, 4) is 6.07 Å². The van der Waals surface area contributed by atoms with Crippen molar-refractivity contribution >= 4 is 28.5 Å². The molecule has 7 nitrogen and oxygen atoms in total. The molecule has 0 atom stereocenters. The number of nitrogens with zero attached hydrogens (tertiary/aromatic N) is 4. The van der Waals surface area contributed by atoms with Crippen molar-refractivity contribution in [3.05, 3.63) is 69.9 Å². The number of hydrogen-bond donors (Lipinski definition) is 1. The Bertz CT molecular complexity index is 1130. The van der Waals surface area contributed by atoms with Crippen molar-refractivity contribution in [1.29, 1.82) is 5.26 Å². The second kappa shape index (κ2) is 8.02. The van der Waals surface area contributed by atoms with Crippen LogP contribution in [0.3, 0.4) is 0 Å². The highest BCUT2D eigenvalue weighted by Crippen LogP contribution is 2.35. The number of nitro benzene ring substituents is 1. The van der Waals surface area contributed by atoms with Gasteiger partial charge in [0.2, 0.25) is 0 Å². The van der Waals surface area contributed by atoms with E-state index in [4.69, 9.17) is 5.26 Å². The largest absolute Gasteiger partial charge is 0.416 e. The van der Waals surface area contributed by atoms with E-state index in [2.05, 4.69) is 16.6 Å². The average Bonchev–Trinajstić information content (AvgIpc) is 3.03. The maximum Gasteiger partial charge on any atom is 0.416 e. The summed E-state index contributed by atoms with van der Waals surface area (Å²) in [6.45, 7) is 0.489. The third-order valence-electron chi connectivity index (χ3n) is 4.19. The molecule has 1 aromatic heterocycles. The molecule has 0 saturated carbocycles. The van der Waals surface area contributed by atoms with Crippen molar-refractivity contribution < 1.29 is 18.1 Å². The lowest BCUT2D eigenvalue weighted by Gasteiger charge is -2.08. The smallest absolute Gasteiger partial charge is 0.346 e. The lowest BCUT2D eigenvalue weighted by molar-refractivity contribution is -0.384. The Morgan fingerprint density at radius 2 is 2.03 bits per heavy atom. The van der Waals surface area contributed by atoms with Crippen molar-refractivity contribution in [3.63, 3.8) is 0 Å². The van der Waals surface area contributed by atoms with Crippen molar-refractivity contribution in [2.24, 2.45) is 5.10 Å². The van der Waals surface area contributed by atoms with Crippen molar-refractivity contribution in [2.75, 3.05) is 5.43 Å². The van der Waals surface area contributed by atoms with Crippen molar-refractivity contribution in [1.82, 2.24) is 4.57 Å². The van der Waals surface area contributed by atoms with E-state index in [0.717, 1.165) is 23.0 Å². The van der Waals surface area contributed by atoms with Gasteiger partial charge in [0.25, 0.3) is 5.69 Å². The highest BCUT2D eigenvalue weighted by atomic mass is 19.4. The van der Waals surface area contributed by atoms with E-state index in [9.17, 15) is 23.3 Å². The number of alkyl halides is 3. The number of rotatable bonds is 6. The Hall–Kier alpha value is -3.87. The number of aryl methyl sites for hydroxylation is 1. The standard InChI is InChI=1S/C19H14F3N5O2/c20-19(21,22)14-6-7-16(18(10-14)27(28)29)25-24-11-13-12-26(9-3-8-23)17-5-2-1-4-15(13)17/h1-2,4-7,10-12,25H,3,9H2/b24-11-. The van der Waals surface area contributed by atoms with Crippen LogP contribution in [-0.4, -0.2) is 15.7 Å². The lowest BCUT2D eigenvalue weighted by atomic mass is 10.1. The summed E-state index contributed by atoms with van der Waals surface area (Å²) >= 11 is 0. The first kappa shape index (κ1) is 19.9. The van der Waals surface area contributed by atoms with Crippen LogP contribution in [0.5, 0.6) is 0 Å². The number of para-hydroxylation sites is 1. The van der Waals surface area contributed by atoms with Crippen molar-refractivity contribution in [2.45, 2.75) is 19.1 Å². The van der Waals surface area contributed by atoms with Crippen LogP contribution in [0.15, 0.2) is 53.8 Å². The first-order valence-corrected chi connectivity index (χ1v) is 8.41. The van der Waals surface area contributed by atoms with Crippen LogP contribution in [0, 0.1) is 21.4 Å². The number of anilines is 1. The molecular weight excluding hydrogens is 387 g/mol. The normalized spacial score (nSPS) is 11.7. The Labute approximate surface area is 162 Å². The minimum absolute atomic E-state index is 0.160. The van der Waals surface area contributed by atoms with Gasteiger partial charge in [-0.25, -0.2) is 0 Å². The Morgan fingerprint density at radius 3 is 2.72 bits per heavy atom. The summed E-state index contributed by atoms with van der Waals surface area (Å²) in [6, 6.07) is 11.7. The molecule has 0 fully saturated rings. The minimum Gasteiger partial charge on any atom is -0.346 e. The number of aromatic nitrogens is 1. The summed E-state index contributed by atoms with van der Waals surface area (Å²) < 4.78 is 40.2. The predicted molar refractivity (Wildman–Crippen MR) is 101 cm³/mol. The molecule has 10 heteroatoms. The fraction of sp³-hybridized carbons (Fsp3) is 0.158. The van der Waals surface area contributed by atoms with E-state index in [-0.39, 0.29) is 5.69 Å². The molecule has 148 valence electrons. The predicted octanol–water partition coefficient (Wildman–Crippen LogP) is 4.93. The summed E-state index contributed by atoms with van der Waals surface area (Å²) in [7, 11) is 0. The summed E-state index contributed by atoms with van der Waals surface area (Å²) in [4.78, 5) is 10.2. The molecule has 3 aromatic rings. The van der Waals surface area contributed by atoms with Crippen LogP contribution in [-0.2, 0) is 12.7 Å². The summed E-state index contributed by atoms with van der Waals surface area (Å²) in [5, 5.41) is 24.7. The Morgan fingerprint density at radius 1 is 1.28 bits per heavy atom. The maximum atomic E-state index is 12.8. The molecule has 0 radical (unpaired) electrons. The number of fused-ring (bicyclic) bond motifs is 1. The van der Waals surface area contributed by atoms with Crippen LogP contribution in [0.1, 0.15) is 17.5 Å². The van der Waals surface area contributed by atoms with Gasteiger partial charge in [-0.3, -0.25) is 15.5 Å². The number of hydrogen-bond acceptors (Lipinski definition) is 5. The highest BCUT2D eigenvalue weighted by Gasteiger charge is 2.33. The summed E-state index contributed by atoms with van der Waals surface area (Å²) in [6.07, 6.45) is -1.15. The number of benzene rings is 2. The van der Waals surface area contributed by atoms with Crippen LogP contribution >= 0.6 is 0 Å². The quantitative estimate of drug-likeness (QED) is 0.360. The first-order valence-electron chi connectivity index (χ1n) is 8.41. The Kier molecular flexibility index (Phi) is 5.50. The Balaban J connectivity index is 1.89. The van der Waals surface area contributed by atoms with Crippen LogP contribution in [0.2, 0.25) is 0 Å². The van der Waals surface area contributed by atoms with Gasteiger partial charge in [-0.1, -0.05) is 18.2 Å². The molecule has 0 aliphatic rings. The van der Waals surface area contributed by atoms with Crippen LogP contribution in [0.25, 0.3) is 10.9 Å². The molecule has 3 rings (SSSR count). The average molecular weight is 401 g/mol. The zero-order valence-electron chi connectivity index (χ0n) is 14.8. The molecule has 0 bridgehead atoms. The van der Waals surface area contributed by atoms with Gasteiger partial charge in [0.15, 0.2) is 0 Å². The molecule has 0 unspecified atom stereocenters. The van der Waals surface area contributed by atoms with Gasteiger partial charge in [-0.15, -0.1) is 0 Å². The van der Waals surface area contributed by atoms with E-state index in [1.165, 1.54) is 6.21 Å². The lowest BCUT2D eigenvalue weighted by Crippen LogP contribution is -2.06. The third kappa shape index (κ3) is 4.35. The summed E-state index contributed by atoms with van der Waals surface area (Å²) in [5.74, 6) is 0.